The van der Waals surface area contributed by atoms with Gasteiger partial charge in [-0.25, -0.2) is 0 Å². The molecule has 0 unspecified atom stereocenters. The van der Waals surface area contributed by atoms with E-state index in [0.29, 0.717) is 5.56 Å². The van der Waals surface area contributed by atoms with Gasteiger partial charge in [-0.3, -0.25) is 14.5 Å². The van der Waals surface area contributed by atoms with Crippen molar-refractivity contribution in [1.82, 2.24) is 4.90 Å². The van der Waals surface area contributed by atoms with Crippen molar-refractivity contribution in [2.24, 2.45) is 0 Å². The smallest absolute Gasteiger partial charge is 0.339 e. The summed E-state index contributed by atoms with van der Waals surface area (Å²) < 4.78 is 30.4. The zero-order valence-corrected chi connectivity index (χ0v) is 21.8. The van der Waals surface area contributed by atoms with Crippen LogP contribution in [-0.2, 0) is 21.5 Å². The molecule has 0 radical (unpaired) electrons. The van der Waals surface area contributed by atoms with Crippen LogP contribution < -0.4 is 4.18 Å². The van der Waals surface area contributed by atoms with Crippen LogP contribution in [0.2, 0.25) is 10.0 Å². The van der Waals surface area contributed by atoms with Gasteiger partial charge in [0.25, 0.3) is 11.1 Å². The van der Waals surface area contributed by atoms with Gasteiger partial charge in [0.2, 0.25) is 0 Å². The number of benzene rings is 3. The van der Waals surface area contributed by atoms with Crippen LogP contribution in [0.5, 0.6) is 5.75 Å². The highest BCUT2D eigenvalue weighted by molar-refractivity contribution is 8.18. The number of aryl methyl sites for hydroxylation is 2. The minimum Gasteiger partial charge on any atom is -0.376 e. The molecule has 0 aromatic heterocycles. The first-order valence-electron chi connectivity index (χ1n) is 10.3. The molecule has 0 bridgehead atoms. The average Bonchev–Trinajstić information content (AvgIpc) is 3.04. The third-order valence-electron chi connectivity index (χ3n) is 5.12. The molecule has 180 valence electrons. The highest BCUT2D eigenvalue weighted by atomic mass is 35.5. The molecule has 1 aliphatic rings. The van der Waals surface area contributed by atoms with E-state index in [1.807, 2.05) is 38.1 Å². The van der Waals surface area contributed by atoms with Crippen molar-refractivity contribution in [2.45, 2.75) is 25.3 Å². The summed E-state index contributed by atoms with van der Waals surface area (Å²) in [6, 6.07) is 16.5. The van der Waals surface area contributed by atoms with Crippen LogP contribution in [0.25, 0.3) is 6.08 Å². The van der Waals surface area contributed by atoms with Crippen LogP contribution in [0.3, 0.4) is 0 Å². The third kappa shape index (κ3) is 5.73. The van der Waals surface area contributed by atoms with Crippen molar-refractivity contribution in [3.63, 3.8) is 0 Å². The number of carbonyl (C=O) groups excluding carboxylic acids is 2. The van der Waals surface area contributed by atoms with Gasteiger partial charge in [-0.1, -0.05) is 70.7 Å². The maximum Gasteiger partial charge on any atom is 0.339 e. The minimum absolute atomic E-state index is 0.0402. The van der Waals surface area contributed by atoms with Crippen LogP contribution in [0.4, 0.5) is 4.79 Å². The molecule has 3 aromatic carbocycles. The van der Waals surface area contributed by atoms with Gasteiger partial charge in [0.1, 0.15) is 4.90 Å². The van der Waals surface area contributed by atoms with E-state index < -0.39 is 16.0 Å². The topological polar surface area (TPSA) is 80.8 Å². The molecule has 2 amide bonds. The molecule has 1 saturated heterocycles. The maximum atomic E-state index is 12.9. The van der Waals surface area contributed by atoms with Crippen LogP contribution >= 0.6 is 35.0 Å². The lowest BCUT2D eigenvalue weighted by Gasteiger charge is -2.13. The summed E-state index contributed by atoms with van der Waals surface area (Å²) in [6.07, 6.45) is 1.48. The quantitative estimate of drug-likeness (QED) is 0.255. The third-order valence-corrected chi connectivity index (χ3v) is 7.82. The lowest BCUT2D eigenvalue weighted by molar-refractivity contribution is -0.123. The zero-order valence-electron chi connectivity index (χ0n) is 18.6. The standard InChI is InChI=1S/C25H19Cl2NO5S2/c1-15-6-8-19(9-7-15)35(31,32)33-23-20(26)11-18(12-21(23)27)13-22-24(29)28(25(30)34-22)14-17-5-3-4-16(2)10-17/h3-13H,14H2,1-2H3/b22-13-. The summed E-state index contributed by atoms with van der Waals surface area (Å²) in [7, 11) is -4.16. The van der Waals surface area contributed by atoms with Gasteiger partial charge in [-0.2, -0.15) is 8.42 Å². The first kappa shape index (κ1) is 25.3. The molecule has 0 N–H and O–H groups in total. The van der Waals surface area contributed by atoms with Crippen LogP contribution in [0.1, 0.15) is 22.3 Å². The monoisotopic (exact) mass is 547 g/mol. The van der Waals surface area contributed by atoms with Gasteiger partial charge in [-0.15, -0.1) is 0 Å². The fourth-order valence-corrected chi connectivity index (χ4v) is 5.86. The van der Waals surface area contributed by atoms with E-state index in [9.17, 15) is 18.0 Å². The summed E-state index contributed by atoms with van der Waals surface area (Å²) in [4.78, 5) is 26.7. The predicted octanol–water partition coefficient (Wildman–Crippen LogP) is 6.61. The zero-order chi connectivity index (χ0) is 25.3. The second-order valence-electron chi connectivity index (χ2n) is 7.92. The summed E-state index contributed by atoms with van der Waals surface area (Å²) in [5.74, 6) is -0.658. The summed E-state index contributed by atoms with van der Waals surface area (Å²) >= 11 is 13.4. The van der Waals surface area contributed by atoms with E-state index in [0.717, 1.165) is 28.5 Å². The van der Waals surface area contributed by atoms with Crippen LogP contribution in [-0.4, -0.2) is 24.5 Å². The lowest BCUT2D eigenvalue weighted by Crippen LogP contribution is -2.27. The summed E-state index contributed by atoms with van der Waals surface area (Å²) in [6.45, 7) is 3.93. The van der Waals surface area contributed by atoms with Gasteiger partial charge >= 0.3 is 10.1 Å². The number of halogens is 2. The Hall–Kier alpha value is -2.78. The number of hydrogen-bond donors (Lipinski definition) is 0. The van der Waals surface area contributed by atoms with Gasteiger partial charge < -0.3 is 4.18 Å². The van der Waals surface area contributed by atoms with E-state index in [1.165, 1.54) is 35.2 Å². The van der Waals surface area contributed by atoms with Crippen molar-refractivity contribution < 1.29 is 22.2 Å². The largest absolute Gasteiger partial charge is 0.376 e. The molecule has 3 aromatic rings. The Morgan fingerprint density at radius 1 is 0.943 bits per heavy atom. The van der Waals surface area contributed by atoms with E-state index in [-0.39, 0.29) is 37.4 Å². The van der Waals surface area contributed by atoms with E-state index in [1.54, 1.807) is 12.1 Å². The second-order valence-corrected chi connectivity index (χ2v) is 11.3. The molecule has 1 fully saturated rings. The molecule has 0 atom stereocenters. The first-order valence-corrected chi connectivity index (χ1v) is 13.3. The molecule has 35 heavy (non-hydrogen) atoms. The molecule has 10 heteroatoms. The van der Waals surface area contributed by atoms with Gasteiger partial charge in [0.15, 0.2) is 5.75 Å². The van der Waals surface area contributed by atoms with Crippen molar-refractivity contribution in [2.75, 3.05) is 0 Å². The molecule has 4 rings (SSSR count). The summed E-state index contributed by atoms with van der Waals surface area (Å²) in [5.41, 5.74) is 3.19. The fraction of sp³-hybridized carbons (Fsp3) is 0.120. The second kappa shape index (κ2) is 10.1. The number of rotatable bonds is 6. The van der Waals surface area contributed by atoms with Crippen molar-refractivity contribution in [1.29, 1.82) is 0 Å². The van der Waals surface area contributed by atoms with Gasteiger partial charge in [0.05, 0.1) is 21.5 Å². The average molecular weight is 548 g/mol. The SMILES string of the molecule is Cc1ccc(S(=O)(=O)Oc2c(Cl)cc(/C=C3\SC(=O)N(Cc4cccc(C)c4)C3=O)cc2Cl)cc1. The maximum absolute atomic E-state index is 12.9. The fourth-order valence-electron chi connectivity index (χ4n) is 3.39. The number of carbonyl (C=O) groups is 2. The predicted molar refractivity (Wildman–Crippen MR) is 138 cm³/mol. The van der Waals surface area contributed by atoms with Crippen molar-refractivity contribution in [3.8, 4) is 5.75 Å². The highest BCUT2D eigenvalue weighted by Gasteiger charge is 2.35. The molecular formula is C25H19Cl2NO5S2. The molecule has 6 nitrogen and oxygen atoms in total. The molecule has 0 saturated carbocycles. The van der Waals surface area contributed by atoms with Crippen molar-refractivity contribution in [3.05, 3.63) is 97.9 Å². The number of imide groups is 1. The van der Waals surface area contributed by atoms with Gasteiger partial charge in [-0.05, 0) is 67.1 Å². The van der Waals surface area contributed by atoms with E-state index in [2.05, 4.69) is 0 Å². The number of hydrogen-bond acceptors (Lipinski definition) is 6. The number of nitrogens with zero attached hydrogens (tertiary/aromatic N) is 1. The molecule has 0 aliphatic carbocycles. The lowest BCUT2D eigenvalue weighted by atomic mass is 10.1. The van der Waals surface area contributed by atoms with E-state index in [4.69, 9.17) is 27.4 Å². The molecule has 1 aliphatic heterocycles. The Balaban J connectivity index is 1.56. The molecular weight excluding hydrogens is 529 g/mol. The minimum atomic E-state index is -4.16. The normalized spacial score (nSPS) is 15.2. The van der Waals surface area contributed by atoms with Crippen LogP contribution in [0, 0.1) is 13.8 Å². The Labute approximate surface area is 217 Å². The molecule has 1 heterocycles. The first-order chi connectivity index (χ1) is 16.5. The van der Waals surface area contributed by atoms with Crippen LogP contribution in [0.15, 0.2) is 70.5 Å². The Morgan fingerprint density at radius 2 is 1.60 bits per heavy atom. The number of amides is 2. The Bertz CT molecular complexity index is 1440. The van der Waals surface area contributed by atoms with Gasteiger partial charge in [0, 0.05) is 0 Å². The summed E-state index contributed by atoms with van der Waals surface area (Å²) in [5, 5.41) is -0.499. The molecule has 0 spiro atoms. The highest BCUT2D eigenvalue weighted by Crippen LogP contribution is 2.39. The Kier molecular flexibility index (Phi) is 7.28. The number of thioether (sulfide) groups is 1. The Morgan fingerprint density at radius 3 is 2.23 bits per heavy atom. The van der Waals surface area contributed by atoms with E-state index >= 15 is 0 Å². The van der Waals surface area contributed by atoms with Crippen molar-refractivity contribution >= 4 is 62.3 Å².